The molecule has 0 N–H and O–H groups in total. The van der Waals surface area contributed by atoms with Gasteiger partial charge in [-0.1, -0.05) is 44.2 Å². The number of carbonyl (C=O) groups is 2. The van der Waals surface area contributed by atoms with Crippen molar-refractivity contribution in [1.82, 2.24) is 0 Å². The lowest BCUT2D eigenvalue weighted by atomic mass is 10.0. The van der Waals surface area contributed by atoms with Crippen LogP contribution in [-0.4, -0.2) is 34.3 Å². The third kappa shape index (κ3) is 3.87. The molecule has 4 nitrogen and oxygen atoms in total. The normalized spacial score (nSPS) is 13.0. The van der Waals surface area contributed by atoms with Gasteiger partial charge in [0, 0.05) is 26.2 Å². The topological polar surface area (TPSA) is 52.6 Å². The van der Waals surface area contributed by atoms with Gasteiger partial charge in [0.05, 0.1) is 0 Å². The van der Waals surface area contributed by atoms with Crippen molar-refractivity contribution < 1.29 is 18.4 Å². The molecule has 0 bridgehead atoms. The molecule has 0 aliphatic heterocycles. The highest BCUT2D eigenvalue weighted by atomic mass is 28.4. The fraction of sp³-hybridized carbons (Fsp3) is 0.500. The first-order valence-electron chi connectivity index (χ1n) is 7.28. The van der Waals surface area contributed by atoms with E-state index in [1.165, 1.54) is 14.2 Å². The predicted molar refractivity (Wildman–Crippen MR) is 84.7 cm³/mol. The first-order chi connectivity index (χ1) is 10.1. The minimum Gasteiger partial charge on any atom is -0.397 e. The lowest BCUT2D eigenvalue weighted by molar-refractivity contribution is -0.118. The molecular weight excluding hydrogens is 284 g/mol. The van der Waals surface area contributed by atoms with E-state index in [1.54, 1.807) is 24.3 Å². The van der Waals surface area contributed by atoms with Gasteiger partial charge in [0.1, 0.15) is 11.3 Å². The van der Waals surface area contributed by atoms with Crippen molar-refractivity contribution in [2.75, 3.05) is 14.2 Å². The third-order valence-corrected chi connectivity index (χ3v) is 7.59. The zero-order valence-corrected chi connectivity index (χ0v) is 14.2. The summed E-state index contributed by atoms with van der Waals surface area (Å²) in [6.07, 6.45) is 1.07. The molecule has 0 aromatic heterocycles. The van der Waals surface area contributed by atoms with Gasteiger partial charge in [0.15, 0.2) is 5.78 Å². The van der Waals surface area contributed by atoms with Crippen LogP contribution in [0.25, 0.3) is 0 Å². The van der Waals surface area contributed by atoms with Crippen LogP contribution in [0.1, 0.15) is 37.0 Å². The second kappa shape index (κ2) is 8.22. The van der Waals surface area contributed by atoms with Gasteiger partial charge >= 0.3 is 8.56 Å². The maximum Gasteiger partial charge on any atom is 0.356 e. The van der Waals surface area contributed by atoms with Gasteiger partial charge in [-0.05, 0) is 12.5 Å². The Morgan fingerprint density at radius 1 is 1.10 bits per heavy atom. The number of rotatable bonds is 9. The molecular formula is C16H24O4Si. The number of benzene rings is 1. The molecule has 1 atom stereocenters. The molecule has 1 unspecified atom stereocenters. The zero-order chi connectivity index (χ0) is 15.9. The number of hydrogen-bond donors (Lipinski definition) is 0. The maximum absolute atomic E-state index is 12.8. The predicted octanol–water partition coefficient (Wildman–Crippen LogP) is 3.36. The Kier molecular flexibility index (Phi) is 6.94. The quantitative estimate of drug-likeness (QED) is 0.399. The molecule has 0 saturated carbocycles. The smallest absolute Gasteiger partial charge is 0.356 e. The van der Waals surface area contributed by atoms with E-state index in [0.29, 0.717) is 24.4 Å². The van der Waals surface area contributed by atoms with E-state index >= 15 is 0 Å². The number of hydrogen-bond acceptors (Lipinski definition) is 4. The van der Waals surface area contributed by atoms with Gasteiger partial charge in [-0.25, -0.2) is 0 Å². The summed E-state index contributed by atoms with van der Waals surface area (Å²) in [5.74, 6) is -0.269. The highest BCUT2D eigenvalue weighted by molar-refractivity contribution is 6.77. The van der Waals surface area contributed by atoms with E-state index < -0.39 is 14.1 Å². The first-order valence-corrected chi connectivity index (χ1v) is 9.38. The fourth-order valence-corrected chi connectivity index (χ4v) is 5.39. The van der Waals surface area contributed by atoms with Gasteiger partial charge in [0.2, 0.25) is 0 Å². The van der Waals surface area contributed by atoms with Crippen LogP contribution in [0.2, 0.25) is 11.6 Å². The average molecular weight is 308 g/mol. The molecule has 0 aliphatic carbocycles. The van der Waals surface area contributed by atoms with Gasteiger partial charge in [-0.15, -0.1) is 0 Å². The summed E-state index contributed by atoms with van der Waals surface area (Å²) in [6.45, 7) is 3.83. The van der Waals surface area contributed by atoms with E-state index in [2.05, 4.69) is 0 Å². The molecule has 0 fully saturated rings. The Hall–Kier alpha value is -1.30. The van der Waals surface area contributed by atoms with Crippen molar-refractivity contribution in [2.24, 2.45) is 0 Å². The molecule has 21 heavy (non-hydrogen) atoms. The average Bonchev–Trinajstić information content (AvgIpc) is 2.53. The van der Waals surface area contributed by atoms with Gasteiger partial charge in [0.25, 0.3) is 0 Å². The molecule has 1 aromatic rings. The van der Waals surface area contributed by atoms with E-state index in [0.717, 1.165) is 0 Å². The van der Waals surface area contributed by atoms with Gasteiger partial charge < -0.3 is 8.85 Å². The van der Waals surface area contributed by atoms with Crippen LogP contribution in [0, 0.1) is 0 Å². The minimum absolute atomic E-state index is 0.0800. The third-order valence-electron chi connectivity index (χ3n) is 3.76. The summed E-state index contributed by atoms with van der Waals surface area (Å²) < 4.78 is 11.2. The van der Waals surface area contributed by atoms with Gasteiger partial charge in [-0.2, -0.15) is 0 Å². The van der Waals surface area contributed by atoms with E-state index in [1.807, 2.05) is 19.9 Å². The Balaban J connectivity index is 3.25. The van der Waals surface area contributed by atoms with E-state index in [9.17, 15) is 9.59 Å². The monoisotopic (exact) mass is 308 g/mol. The second-order valence-electron chi connectivity index (χ2n) is 4.95. The van der Waals surface area contributed by atoms with Crippen molar-refractivity contribution in [2.45, 2.75) is 38.3 Å². The number of carbonyl (C=O) groups excluding carboxylic acids is 2. The minimum atomic E-state index is -2.89. The van der Waals surface area contributed by atoms with E-state index in [-0.39, 0.29) is 11.6 Å². The van der Waals surface area contributed by atoms with Crippen molar-refractivity contribution in [3.8, 4) is 0 Å². The van der Waals surface area contributed by atoms with Crippen molar-refractivity contribution in [3.63, 3.8) is 0 Å². The summed E-state index contributed by atoms with van der Waals surface area (Å²) in [5.41, 5.74) is -0.272. The highest BCUT2D eigenvalue weighted by Gasteiger charge is 2.50. The van der Waals surface area contributed by atoms with Crippen molar-refractivity contribution in [1.29, 1.82) is 0 Å². The molecule has 0 amide bonds. The fourth-order valence-electron chi connectivity index (χ4n) is 2.56. The van der Waals surface area contributed by atoms with E-state index in [4.69, 9.17) is 8.85 Å². The van der Waals surface area contributed by atoms with Crippen LogP contribution in [0.4, 0.5) is 0 Å². The highest BCUT2D eigenvalue weighted by Crippen LogP contribution is 2.33. The van der Waals surface area contributed by atoms with Crippen LogP contribution < -0.4 is 0 Å². The molecule has 1 rings (SSSR count). The molecule has 0 radical (unpaired) electrons. The van der Waals surface area contributed by atoms with Gasteiger partial charge in [-0.3, -0.25) is 9.59 Å². The summed E-state index contributed by atoms with van der Waals surface area (Å²) in [4.78, 5) is 25.4. The van der Waals surface area contributed by atoms with Crippen LogP contribution >= 0.6 is 0 Å². The number of Topliss-reactive ketones (excluding diaryl/α,β-unsaturated/α-hetero) is 2. The SMILES string of the molecule is CCCC(=O)C(C(=O)c1ccccc1)[Si](CC)(OC)OC. The molecule has 0 aliphatic rings. The number of ketones is 2. The molecule has 0 spiro atoms. The summed E-state index contributed by atoms with van der Waals surface area (Å²) in [6, 6.07) is 9.45. The Morgan fingerprint density at radius 3 is 2.10 bits per heavy atom. The molecule has 116 valence electrons. The summed E-state index contributed by atoms with van der Waals surface area (Å²) >= 11 is 0. The maximum atomic E-state index is 12.8. The standard InChI is InChI=1S/C16H24O4Si/c1-5-10-14(17)16(21(6-2,19-3)20-4)15(18)13-11-8-7-9-12-13/h7-9,11-12,16H,5-6,10H2,1-4H3. The molecule has 0 saturated heterocycles. The molecule has 1 aromatic carbocycles. The molecule has 0 heterocycles. The Bertz CT molecular complexity index is 460. The van der Waals surface area contributed by atoms with Crippen molar-refractivity contribution in [3.05, 3.63) is 35.9 Å². The summed E-state index contributed by atoms with van der Waals surface area (Å²) in [5, 5.41) is 0. The molecule has 5 heteroatoms. The lowest BCUT2D eigenvalue weighted by Crippen LogP contribution is -2.50. The Morgan fingerprint density at radius 2 is 1.67 bits per heavy atom. The summed E-state index contributed by atoms with van der Waals surface area (Å²) in [7, 11) is 0.171. The Labute approximate surface area is 127 Å². The second-order valence-corrected chi connectivity index (χ2v) is 8.68. The van der Waals surface area contributed by atoms with Crippen LogP contribution in [0.5, 0.6) is 0 Å². The lowest BCUT2D eigenvalue weighted by Gasteiger charge is -2.32. The van der Waals surface area contributed by atoms with Crippen molar-refractivity contribution >= 4 is 20.1 Å². The first kappa shape index (κ1) is 17.7. The largest absolute Gasteiger partial charge is 0.397 e. The van der Waals surface area contributed by atoms with Crippen LogP contribution in [0.15, 0.2) is 30.3 Å². The zero-order valence-electron chi connectivity index (χ0n) is 13.2. The van der Waals surface area contributed by atoms with Crippen LogP contribution in [0.3, 0.4) is 0 Å². The van der Waals surface area contributed by atoms with Crippen LogP contribution in [-0.2, 0) is 13.6 Å².